The van der Waals surface area contributed by atoms with Gasteiger partial charge in [0.2, 0.25) is 0 Å². The maximum absolute atomic E-state index is 13.0. The van der Waals surface area contributed by atoms with Gasteiger partial charge in [0.15, 0.2) is 0 Å². The third-order valence-corrected chi connectivity index (χ3v) is 6.28. The molecule has 190 valence electrons. The van der Waals surface area contributed by atoms with Gasteiger partial charge >= 0.3 is 6.09 Å². The molecule has 2 aliphatic carbocycles. The Bertz CT molecular complexity index is 1250. The summed E-state index contributed by atoms with van der Waals surface area (Å²) in [4.78, 5) is 14.8. The third-order valence-electron chi connectivity index (χ3n) is 6.28. The average molecular weight is 519 g/mol. The van der Waals surface area contributed by atoms with E-state index in [-0.39, 0.29) is 42.0 Å². The highest BCUT2D eigenvalue weighted by molar-refractivity contribution is 5.96. The molecule has 5 nitrogen and oxygen atoms in total. The molecule has 0 unspecified atom stereocenters. The highest BCUT2D eigenvalue weighted by Gasteiger charge is 2.23. The van der Waals surface area contributed by atoms with Gasteiger partial charge in [-0.25, -0.2) is 4.79 Å². The SMILES string of the molecule is CC(C)(N)CCN(CCC(C)(C)N)C(=O)OC1=CCc2c(ccc3c4c(ccc23)=CC=C4)=C1.Cl.Cl. The number of hydrogen-bond donors (Lipinski definition) is 2. The summed E-state index contributed by atoms with van der Waals surface area (Å²) in [6, 6.07) is 8.65. The largest absolute Gasteiger partial charge is 0.415 e. The van der Waals surface area contributed by atoms with Crippen LogP contribution in [0, 0.1) is 0 Å². The number of ether oxygens (including phenoxy) is 1. The number of benzene rings is 2. The minimum Gasteiger partial charge on any atom is -0.411 e. The van der Waals surface area contributed by atoms with Gasteiger partial charge in [-0.15, -0.1) is 24.8 Å². The fourth-order valence-electron chi connectivity index (χ4n) is 4.26. The van der Waals surface area contributed by atoms with Crippen molar-refractivity contribution in [3.05, 3.63) is 63.7 Å². The number of nitrogens with zero attached hydrogens (tertiary/aromatic N) is 1. The molecular weight excluding hydrogens is 481 g/mol. The van der Waals surface area contributed by atoms with E-state index in [9.17, 15) is 4.79 Å². The van der Waals surface area contributed by atoms with Crippen LogP contribution in [0.4, 0.5) is 4.79 Å². The summed E-state index contributed by atoms with van der Waals surface area (Å²) in [5.74, 6) is 0.588. The van der Waals surface area contributed by atoms with Gasteiger partial charge < -0.3 is 21.1 Å². The Morgan fingerprint density at radius 1 is 0.943 bits per heavy atom. The standard InChI is InChI=1S/C28H35N3O2.2ClH/c1-27(2,29)14-16-31(17-15-28(3,4)30)26(32)33-21-10-13-23-20(18-21)9-12-24-22-7-5-6-19(22)8-11-25(23)24;;/h5-12,18H,13-17,29-30H2,1-4H3;2*1H. The molecule has 0 aromatic heterocycles. The van der Waals surface area contributed by atoms with Crippen LogP contribution in [0.5, 0.6) is 0 Å². The molecule has 0 saturated carbocycles. The van der Waals surface area contributed by atoms with Gasteiger partial charge in [0.1, 0.15) is 5.76 Å². The molecule has 0 radical (unpaired) electrons. The molecule has 0 bridgehead atoms. The average Bonchev–Trinajstić information content (AvgIpc) is 3.20. The predicted molar refractivity (Wildman–Crippen MR) is 151 cm³/mol. The quantitative estimate of drug-likeness (QED) is 0.569. The molecule has 0 saturated heterocycles. The molecule has 0 spiro atoms. The Morgan fingerprint density at radius 3 is 2.17 bits per heavy atom. The van der Waals surface area contributed by atoms with Crippen LogP contribution in [0.2, 0.25) is 0 Å². The summed E-state index contributed by atoms with van der Waals surface area (Å²) in [5.41, 5.74) is 14.1. The Balaban J connectivity index is 0.00000216. The van der Waals surface area contributed by atoms with Gasteiger partial charge in [0.25, 0.3) is 0 Å². The Labute approximate surface area is 220 Å². The van der Waals surface area contributed by atoms with E-state index in [1.165, 1.54) is 27.1 Å². The van der Waals surface area contributed by atoms with E-state index in [4.69, 9.17) is 16.2 Å². The summed E-state index contributed by atoms with van der Waals surface area (Å²) in [5, 5.41) is 4.87. The summed E-state index contributed by atoms with van der Waals surface area (Å²) in [6.45, 7) is 8.91. The molecule has 4 rings (SSSR count). The van der Waals surface area contributed by atoms with Crippen LogP contribution in [0.25, 0.3) is 29.0 Å². The zero-order valence-electron chi connectivity index (χ0n) is 21.0. The number of nitrogens with two attached hydrogens (primary N) is 2. The van der Waals surface area contributed by atoms with Gasteiger partial charge in [0.05, 0.1) is 0 Å². The first-order valence-electron chi connectivity index (χ1n) is 11.7. The monoisotopic (exact) mass is 517 g/mol. The molecule has 2 aromatic carbocycles. The van der Waals surface area contributed by atoms with E-state index >= 15 is 0 Å². The van der Waals surface area contributed by atoms with Crippen LogP contribution < -0.4 is 21.9 Å². The molecule has 0 fully saturated rings. The molecular formula is C28H37Cl2N3O2. The van der Waals surface area contributed by atoms with Crippen LogP contribution in [0.3, 0.4) is 0 Å². The minimum atomic E-state index is -0.361. The third kappa shape index (κ3) is 7.11. The number of hydrogen-bond acceptors (Lipinski definition) is 4. The molecule has 2 aromatic rings. The van der Waals surface area contributed by atoms with Crippen molar-refractivity contribution in [2.24, 2.45) is 11.5 Å². The van der Waals surface area contributed by atoms with E-state index in [0.717, 1.165) is 11.6 Å². The first-order chi connectivity index (χ1) is 15.5. The van der Waals surface area contributed by atoms with Crippen LogP contribution in [0.15, 0.2) is 42.2 Å². The Morgan fingerprint density at radius 2 is 1.54 bits per heavy atom. The molecule has 0 aliphatic heterocycles. The van der Waals surface area contributed by atoms with E-state index in [0.29, 0.717) is 31.7 Å². The van der Waals surface area contributed by atoms with Crippen molar-refractivity contribution in [1.29, 1.82) is 0 Å². The second kappa shape index (κ2) is 11.2. The second-order valence-electron chi connectivity index (χ2n) is 10.6. The maximum atomic E-state index is 13.0. The maximum Gasteiger partial charge on any atom is 0.415 e. The topological polar surface area (TPSA) is 81.6 Å². The Kier molecular flexibility index (Phi) is 9.23. The zero-order valence-corrected chi connectivity index (χ0v) is 22.6. The van der Waals surface area contributed by atoms with Crippen LogP contribution >= 0.6 is 24.8 Å². The first kappa shape index (κ1) is 28.9. The van der Waals surface area contributed by atoms with Crippen molar-refractivity contribution in [3.8, 4) is 0 Å². The molecule has 2 aliphatic rings. The van der Waals surface area contributed by atoms with Crippen LogP contribution in [-0.2, 0) is 11.2 Å². The van der Waals surface area contributed by atoms with Crippen molar-refractivity contribution in [2.45, 2.75) is 58.0 Å². The van der Waals surface area contributed by atoms with E-state index in [1.807, 2.05) is 39.8 Å². The van der Waals surface area contributed by atoms with E-state index in [2.05, 4.69) is 42.5 Å². The lowest BCUT2D eigenvalue weighted by Gasteiger charge is -2.29. The smallest absolute Gasteiger partial charge is 0.411 e. The molecule has 35 heavy (non-hydrogen) atoms. The predicted octanol–water partition coefficient (Wildman–Crippen LogP) is 4.40. The molecule has 1 amide bonds. The summed E-state index contributed by atoms with van der Waals surface area (Å²) in [6.07, 6.45) is 12.1. The molecule has 4 N–H and O–H groups in total. The number of amides is 1. The number of allylic oxidation sites excluding steroid dienone is 3. The van der Waals surface area contributed by atoms with Gasteiger partial charge in [-0.2, -0.15) is 0 Å². The summed E-state index contributed by atoms with van der Waals surface area (Å²) < 4.78 is 5.82. The highest BCUT2D eigenvalue weighted by atomic mass is 35.5. The molecule has 0 heterocycles. The number of fused-ring (bicyclic) bond motifs is 5. The van der Waals surface area contributed by atoms with Crippen molar-refractivity contribution >= 4 is 59.9 Å². The van der Waals surface area contributed by atoms with Gasteiger partial charge in [0, 0.05) is 24.2 Å². The fraction of sp³-hybridized carbons (Fsp3) is 0.393. The highest BCUT2D eigenvalue weighted by Crippen LogP contribution is 2.24. The molecule has 0 atom stereocenters. The van der Waals surface area contributed by atoms with Gasteiger partial charge in [-0.05, 0) is 91.4 Å². The second-order valence-corrected chi connectivity index (χ2v) is 10.6. The van der Waals surface area contributed by atoms with Gasteiger partial charge in [-0.3, -0.25) is 0 Å². The lowest BCUT2D eigenvalue weighted by Crippen LogP contribution is -2.43. The number of rotatable bonds is 7. The van der Waals surface area contributed by atoms with Gasteiger partial charge in [-0.1, -0.05) is 42.5 Å². The fourth-order valence-corrected chi connectivity index (χ4v) is 4.26. The summed E-state index contributed by atoms with van der Waals surface area (Å²) in [7, 11) is 0. The van der Waals surface area contributed by atoms with Crippen LogP contribution in [-0.4, -0.2) is 35.2 Å². The van der Waals surface area contributed by atoms with Crippen molar-refractivity contribution < 1.29 is 9.53 Å². The lowest BCUT2D eigenvalue weighted by molar-refractivity contribution is 0.125. The number of halogens is 2. The number of carbonyl (C=O) groups excluding carboxylic acids is 1. The first-order valence-corrected chi connectivity index (χ1v) is 11.7. The van der Waals surface area contributed by atoms with Crippen molar-refractivity contribution in [1.82, 2.24) is 4.90 Å². The van der Waals surface area contributed by atoms with Crippen molar-refractivity contribution in [2.75, 3.05) is 13.1 Å². The van der Waals surface area contributed by atoms with E-state index in [1.54, 1.807) is 4.90 Å². The molecule has 7 heteroatoms. The van der Waals surface area contributed by atoms with E-state index < -0.39 is 0 Å². The normalized spacial score (nSPS) is 13.9. The number of carbonyl (C=O) groups is 1. The lowest BCUT2D eigenvalue weighted by atomic mass is 9.94. The minimum absolute atomic E-state index is 0. The summed E-state index contributed by atoms with van der Waals surface area (Å²) >= 11 is 0. The zero-order chi connectivity index (χ0) is 23.8. The Hall–Kier alpha value is -2.31. The van der Waals surface area contributed by atoms with Crippen LogP contribution in [0.1, 0.15) is 51.7 Å². The van der Waals surface area contributed by atoms with Crippen molar-refractivity contribution in [3.63, 3.8) is 0 Å².